The molecule has 0 spiro atoms. The Morgan fingerprint density at radius 1 is 0.923 bits per heavy atom. The highest BCUT2D eigenvalue weighted by molar-refractivity contribution is 5.30. The number of anilines is 1. The summed E-state index contributed by atoms with van der Waals surface area (Å²) in [7, 11) is 0. The van der Waals surface area contributed by atoms with Gasteiger partial charge in [-0.25, -0.2) is 9.97 Å². The fourth-order valence-corrected chi connectivity index (χ4v) is 3.23. The van der Waals surface area contributed by atoms with E-state index < -0.39 is 0 Å². The molecule has 140 valence electrons. The molecule has 2 aromatic rings. The van der Waals surface area contributed by atoms with Gasteiger partial charge in [0.25, 0.3) is 0 Å². The summed E-state index contributed by atoms with van der Waals surface area (Å²) < 4.78 is 5.83. The minimum Gasteiger partial charge on any atom is -0.494 e. The molecule has 0 saturated carbocycles. The Morgan fingerprint density at radius 2 is 1.65 bits per heavy atom. The maximum Gasteiger partial charge on any atom is 0.225 e. The van der Waals surface area contributed by atoms with Crippen LogP contribution in [0.15, 0.2) is 42.7 Å². The first-order valence-corrected chi connectivity index (χ1v) is 9.81. The average Bonchev–Trinajstić information content (AvgIpc) is 2.70. The largest absolute Gasteiger partial charge is 0.494 e. The lowest BCUT2D eigenvalue weighted by Gasteiger charge is -2.34. The van der Waals surface area contributed by atoms with Crippen LogP contribution in [0.2, 0.25) is 0 Å². The van der Waals surface area contributed by atoms with E-state index >= 15 is 0 Å². The third kappa shape index (κ3) is 5.70. The minimum atomic E-state index is 0.822. The molecule has 0 N–H and O–H groups in total. The Morgan fingerprint density at radius 3 is 2.35 bits per heavy atom. The summed E-state index contributed by atoms with van der Waals surface area (Å²) in [6.45, 7) is 8.06. The molecule has 0 aliphatic carbocycles. The maximum atomic E-state index is 5.83. The second-order valence-electron chi connectivity index (χ2n) is 6.87. The molecule has 0 atom stereocenters. The third-order valence-electron chi connectivity index (χ3n) is 4.80. The van der Waals surface area contributed by atoms with Crippen LogP contribution in [0.4, 0.5) is 5.95 Å². The number of unbranched alkanes of at least 4 members (excludes halogenated alkanes) is 3. The van der Waals surface area contributed by atoms with Crippen molar-refractivity contribution < 1.29 is 4.74 Å². The molecular formula is C21H30N4O. The van der Waals surface area contributed by atoms with Gasteiger partial charge in [0.1, 0.15) is 5.75 Å². The number of ether oxygens (including phenoxy) is 1. The van der Waals surface area contributed by atoms with Crippen molar-refractivity contribution in [3.05, 3.63) is 48.3 Å². The third-order valence-corrected chi connectivity index (χ3v) is 4.80. The zero-order chi connectivity index (χ0) is 18.0. The molecule has 1 aromatic heterocycles. The van der Waals surface area contributed by atoms with E-state index in [1.54, 1.807) is 0 Å². The summed E-state index contributed by atoms with van der Waals surface area (Å²) in [5, 5.41) is 0. The average molecular weight is 354 g/mol. The van der Waals surface area contributed by atoms with Gasteiger partial charge < -0.3 is 9.64 Å². The quantitative estimate of drug-likeness (QED) is 0.642. The summed E-state index contributed by atoms with van der Waals surface area (Å²) in [5.74, 6) is 1.82. The first-order valence-electron chi connectivity index (χ1n) is 9.81. The molecule has 26 heavy (non-hydrogen) atoms. The number of piperazine rings is 1. The normalized spacial score (nSPS) is 15.2. The monoisotopic (exact) mass is 354 g/mol. The topological polar surface area (TPSA) is 41.5 Å². The second kappa shape index (κ2) is 10.1. The van der Waals surface area contributed by atoms with Gasteiger partial charge in [-0.1, -0.05) is 38.3 Å². The molecule has 2 heterocycles. The van der Waals surface area contributed by atoms with Crippen LogP contribution in [0.1, 0.15) is 38.2 Å². The number of aromatic nitrogens is 2. The van der Waals surface area contributed by atoms with E-state index in [0.29, 0.717) is 0 Å². The van der Waals surface area contributed by atoms with Crippen molar-refractivity contribution >= 4 is 5.95 Å². The van der Waals surface area contributed by atoms with Gasteiger partial charge in [0, 0.05) is 45.1 Å². The van der Waals surface area contributed by atoms with Gasteiger partial charge in [-0.2, -0.15) is 0 Å². The highest BCUT2D eigenvalue weighted by atomic mass is 16.5. The minimum absolute atomic E-state index is 0.822. The van der Waals surface area contributed by atoms with Crippen LogP contribution >= 0.6 is 0 Å². The molecule has 1 aliphatic rings. The standard InChI is InChI=1S/C21H30N4O/c1-2-3-4-5-17-26-20-9-7-19(8-10-20)18-24-13-15-25(16-14-24)21-22-11-6-12-23-21/h6-12H,2-5,13-18H2,1H3. The van der Waals surface area contributed by atoms with Crippen LogP contribution in [0.5, 0.6) is 5.75 Å². The van der Waals surface area contributed by atoms with E-state index in [2.05, 4.69) is 51.0 Å². The SMILES string of the molecule is CCCCCCOc1ccc(CN2CCN(c3ncccn3)CC2)cc1. The van der Waals surface area contributed by atoms with Crippen LogP contribution in [0.3, 0.4) is 0 Å². The van der Waals surface area contributed by atoms with Crippen molar-refractivity contribution in [1.82, 2.24) is 14.9 Å². The van der Waals surface area contributed by atoms with Gasteiger partial charge in [-0.3, -0.25) is 4.90 Å². The van der Waals surface area contributed by atoms with Crippen molar-refractivity contribution in [1.29, 1.82) is 0 Å². The highest BCUT2D eigenvalue weighted by Crippen LogP contribution is 2.16. The zero-order valence-corrected chi connectivity index (χ0v) is 15.8. The van der Waals surface area contributed by atoms with E-state index in [9.17, 15) is 0 Å². The van der Waals surface area contributed by atoms with Crippen LogP contribution in [0.25, 0.3) is 0 Å². The maximum absolute atomic E-state index is 5.83. The fraction of sp³-hybridized carbons (Fsp3) is 0.524. The van der Waals surface area contributed by atoms with E-state index in [4.69, 9.17) is 4.74 Å². The summed E-state index contributed by atoms with van der Waals surface area (Å²) in [5.41, 5.74) is 1.34. The number of nitrogens with zero attached hydrogens (tertiary/aromatic N) is 4. The predicted octanol–water partition coefficient (Wildman–Crippen LogP) is 3.76. The summed E-state index contributed by atoms with van der Waals surface area (Å²) in [4.78, 5) is 13.4. The van der Waals surface area contributed by atoms with Gasteiger partial charge in [-0.05, 0) is 30.2 Å². The van der Waals surface area contributed by atoms with Gasteiger partial charge in [0.2, 0.25) is 5.95 Å². The summed E-state index contributed by atoms with van der Waals surface area (Å²) >= 11 is 0. The smallest absolute Gasteiger partial charge is 0.225 e. The van der Waals surface area contributed by atoms with Crippen molar-refractivity contribution in [3.63, 3.8) is 0 Å². The summed E-state index contributed by atoms with van der Waals surface area (Å²) in [6.07, 6.45) is 8.58. The van der Waals surface area contributed by atoms with Gasteiger partial charge in [-0.15, -0.1) is 0 Å². The Kier molecular flexibility index (Phi) is 7.25. The lowest BCUT2D eigenvalue weighted by Crippen LogP contribution is -2.46. The van der Waals surface area contributed by atoms with Crippen molar-refractivity contribution in [2.75, 3.05) is 37.7 Å². The van der Waals surface area contributed by atoms with Crippen molar-refractivity contribution in [2.45, 2.75) is 39.2 Å². The number of hydrogen-bond acceptors (Lipinski definition) is 5. The van der Waals surface area contributed by atoms with E-state index in [1.807, 2.05) is 18.5 Å². The van der Waals surface area contributed by atoms with Gasteiger partial charge in [0.05, 0.1) is 6.61 Å². The Labute approximate surface area is 157 Å². The highest BCUT2D eigenvalue weighted by Gasteiger charge is 2.18. The van der Waals surface area contributed by atoms with Crippen molar-refractivity contribution in [3.8, 4) is 5.75 Å². The molecule has 0 radical (unpaired) electrons. The first-order chi connectivity index (χ1) is 12.8. The molecule has 3 rings (SSSR count). The van der Waals surface area contributed by atoms with Gasteiger partial charge in [0.15, 0.2) is 0 Å². The molecular weight excluding hydrogens is 324 g/mol. The summed E-state index contributed by atoms with van der Waals surface area (Å²) in [6, 6.07) is 10.4. The fourth-order valence-electron chi connectivity index (χ4n) is 3.23. The molecule has 1 fully saturated rings. The zero-order valence-electron chi connectivity index (χ0n) is 15.8. The number of rotatable bonds is 9. The Bertz CT molecular complexity index is 624. The molecule has 1 saturated heterocycles. The molecule has 1 aromatic carbocycles. The second-order valence-corrected chi connectivity index (χ2v) is 6.87. The molecule has 0 unspecified atom stereocenters. The predicted molar refractivity (Wildman–Crippen MR) is 106 cm³/mol. The van der Waals surface area contributed by atoms with Crippen molar-refractivity contribution in [2.24, 2.45) is 0 Å². The number of benzene rings is 1. The van der Waals surface area contributed by atoms with Gasteiger partial charge >= 0.3 is 0 Å². The first kappa shape index (κ1) is 18.6. The molecule has 0 bridgehead atoms. The molecule has 1 aliphatic heterocycles. The van der Waals surface area contributed by atoms with E-state index in [0.717, 1.165) is 57.4 Å². The van der Waals surface area contributed by atoms with Crippen LogP contribution in [-0.2, 0) is 6.54 Å². The van der Waals surface area contributed by atoms with E-state index in [1.165, 1.54) is 24.8 Å². The lowest BCUT2D eigenvalue weighted by atomic mass is 10.2. The van der Waals surface area contributed by atoms with Crippen LogP contribution in [-0.4, -0.2) is 47.7 Å². The molecule has 5 nitrogen and oxygen atoms in total. The molecule has 5 heteroatoms. The van der Waals surface area contributed by atoms with Crippen LogP contribution in [0, 0.1) is 0 Å². The Hall–Kier alpha value is -2.14. The molecule has 0 amide bonds. The van der Waals surface area contributed by atoms with E-state index in [-0.39, 0.29) is 0 Å². The number of hydrogen-bond donors (Lipinski definition) is 0. The van der Waals surface area contributed by atoms with Crippen LogP contribution < -0.4 is 9.64 Å². The Balaban J connectivity index is 1.39. The lowest BCUT2D eigenvalue weighted by molar-refractivity contribution is 0.248.